The van der Waals surface area contributed by atoms with Crippen molar-refractivity contribution >= 4 is 29.6 Å². The SMILES string of the molecule is CSc1ccc(CN(CCO)C(=O)CC[C@@H]2NC(=O)NC2=O)cc1. The first kappa shape index (κ1) is 18.3. The highest BCUT2D eigenvalue weighted by Gasteiger charge is 2.30. The maximum absolute atomic E-state index is 12.4. The number of nitrogens with one attached hydrogen (secondary N) is 2. The molecule has 2 rings (SSSR count). The van der Waals surface area contributed by atoms with E-state index in [9.17, 15) is 19.5 Å². The van der Waals surface area contributed by atoms with Gasteiger partial charge in [-0.25, -0.2) is 4.79 Å². The lowest BCUT2D eigenvalue weighted by Crippen LogP contribution is -2.35. The molecule has 1 aliphatic rings. The number of aliphatic hydroxyl groups is 1. The molecule has 8 heteroatoms. The minimum atomic E-state index is -0.668. The molecular formula is C16H21N3O4S. The summed E-state index contributed by atoms with van der Waals surface area (Å²) >= 11 is 1.64. The Morgan fingerprint density at radius 3 is 2.54 bits per heavy atom. The molecule has 130 valence electrons. The van der Waals surface area contributed by atoms with Gasteiger partial charge in [0.15, 0.2) is 0 Å². The van der Waals surface area contributed by atoms with Crippen molar-refractivity contribution in [3.63, 3.8) is 0 Å². The highest BCUT2D eigenvalue weighted by atomic mass is 32.2. The van der Waals surface area contributed by atoms with Gasteiger partial charge in [-0.3, -0.25) is 14.9 Å². The Hall–Kier alpha value is -2.06. The molecule has 1 aliphatic heterocycles. The number of benzene rings is 1. The van der Waals surface area contributed by atoms with E-state index in [0.717, 1.165) is 10.5 Å². The van der Waals surface area contributed by atoms with Crippen molar-refractivity contribution in [3.8, 4) is 0 Å². The molecule has 0 saturated carbocycles. The molecule has 24 heavy (non-hydrogen) atoms. The van der Waals surface area contributed by atoms with Crippen molar-refractivity contribution in [2.75, 3.05) is 19.4 Å². The Balaban J connectivity index is 1.91. The molecule has 7 nitrogen and oxygen atoms in total. The standard InChI is InChI=1S/C16H21N3O4S/c1-24-12-4-2-11(3-5-12)10-19(8-9-20)14(21)7-6-13-15(22)18-16(23)17-13/h2-5,13,20H,6-10H2,1H3,(H2,17,18,22,23)/t13-/m0/s1. The fourth-order valence-electron chi connectivity index (χ4n) is 2.45. The van der Waals surface area contributed by atoms with Gasteiger partial charge in [0, 0.05) is 24.4 Å². The number of carbonyl (C=O) groups is 3. The predicted octanol–water partition coefficient (Wildman–Crippen LogP) is 0.718. The number of aliphatic hydroxyl groups excluding tert-OH is 1. The molecule has 1 fully saturated rings. The third-order valence-electron chi connectivity index (χ3n) is 3.76. The summed E-state index contributed by atoms with van der Waals surface area (Å²) in [4.78, 5) is 37.6. The Kier molecular flexibility index (Phi) is 6.62. The average Bonchev–Trinajstić information content (AvgIpc) is 2.90. The van der Waals surface area contributed by atoms with Crippen LogP contribution in [0, 0.1) is 0 Å². The van der Waals surface area contributed by atoms with Crippen molar-refractivity contribution in [2.45, 2.75) is 30.3 Å². The zero-order chi connectivity index (χ0) is 17.5. The van der Waals surface area contributed by atoms with Gasteiger partial charge in [-0.15, -0.1) is 11.8 Å². The second kappa shape index (κ2) is 8.70. The summed E-state index contributed by atoms with van der Waals surface area (Å²) in [5.74, 6) is -0.568. The van der Waals surface area contributed by atoms with Crippen LogP contribution in [0.25, 0.3) is 0 Å². The highest BCUT2D eigenvalue weighted by molar-refractivity contribution is 7.98. The predicted molar refractivity (Wildman–Crippen MR) is 90.4 cm³/mol. The van der Waals surface area contributed by atoms with Crippen LogP contribution in [-0.2, 0) is 16.1 Å². The molecule has 0 radical (unpaired) electrons. The van der Waals surface area contributed by atoms with Gasteiger partial charge in [0.05, 0.1) is 6.61 Å². The van der Waals surface area contributed by atoms with Crippen molar-refractivity contribution in [3.05, 3.63) is 29.8 Å². The molecule has 0 spiro atoms. The third kappa shape index (κ3) is 4.97. The fourth-order valence-corrected chi connectivity index (χ4v) is 2.86. The van der Waals surface area contributed by atoms with Crippen LogP contribution < -0.4 is 10.6 Å². The van der Waals surface area contributed by atoms with Crippen LogP contribution in [0.1, 0.15) is 18.4 Å². The first-order valence-corrected chi connectivity index (χ1v) is 8.89. The van der Waals surface area contributed by atoms with Gasteiger partial charge in [-0.2, -0.15) is 0 Å². The Bertz CT molecular complexity index is 606. The van der Waals surface area contributed by atoms with Crippen LogP contribution in [0.2, 0.25) is 0 Å². The lowest BCUT2D eigenvalue weighted by Gasteiger charge is -2.22. The molecule has 0 bridgehead atoms. The highest BCUT2D eigenvalue weighted by Crippen LogP contribution is 2.16. The van der Waals surface area contributed by atoms with Crippen molar-refractivity contribution in [1.82, 2.24) is 15.5 Å². The van der Waals surface area contributed by atoms with E-state index in [1.165, 1.54) is 0 Å². The summed E-state index contributed by atoms with van der Waals surface area (Å²) in [5, 5.41) is 13.8. The molecular weight excluding hydrogens is 330 g/mol. The summed E-state index contributed by atoms with van der Waals surface area (Å²) in [5.41, 5.74) is 0.974. The van der Waals surface area contributed by atoms with Gasteiger partial charge in [0.1, 0.15) is 6.04 Å². The number of nitrogens with zero attached hydrogens (tertiary/aromatic N) is 1. The molecule has 1 aromatic rings. The number of hydrogen-bond donors (Lipinski definition) is 3. The summed E-state index contributed by atoms with van der Waals surface area (Å²) in [6.45, 7) is 0.499. The Morgan fingerprint density at radius 2 is 2.00 bits per heavy atom. The summed E-state index contributed by atoms with van der Waals surface area (Å²) < 4.78 is 0. The second-order valence-electron chi connectivity index (χ2n) is 5.44. The number of amides is 4. The minimum absolute atomic E-state index is 0.126. The van der Waals surface area contributed by atoms with Crippen LogP contribution in [0.4, 0.5) is 4.79 Å². The van der Waals surface area contributed by atoms with Crippen LogP contribution >= 0.6 is 11.8 Å². The monoisotopic (exact) mass is 351 g/mol. The molecule has 4 amide bonds. The number of imide groups is 1. The van der Waals surface area contributed by atoms with E-state index in [-0.39, 0.29) is 31.9 Å². The second-order valence-corrected chi connectivity index (χ2v) is 6.32. The fraction of sp³-hybridized carbons (Fsp3) is 0.438. The van der Waals surface area contributed by atoms with E-state index in [2.05, 4.69) is 10.6 Å². The Labute approximate surface area is 144 Å². The molecule has 0 unspecified atom stereocenters. The van der Waals surface area contributed by atoms with Gasteiger partial charge in [-0.05, 0) is 30.4 Å². The summed E-state index contributed by atoms with van der Waals surface area (Å²) in [7, 11) is 0. The van der Waals surface area contributed by atoms with Gasteiger partial charge in [0.25, 0.3) is 5.91 Å². The van der Waals surface area contributed by atoms with Gasteiger partial charge in [0.2, 0.25) is 5.91 Å². The molecule has 0 aliphatic carbocycles. The smallest absolute Gasteiger partial charge is 0.322 e. The molecule has 1 atom stereocenters. The van der Waals surface area contributed by atoms with Crippen molar-refractivity contribution in [1.29, 1.82) is 0 Å². The van der Waals surface area contributed by atoms with E-state index in [1.54, 1.807) is 16.7 Å². The van der Waals surface area contributed by atoms with Gasteiger partial charge in [-0.1, -0.05) is 12.1 Å². The zero-order valence-corrected chi connectivity index (χ0v) is 14.3. The largest absolute Gasteiger partial charge is 0.395 e. The van der Waals surface area contributed by atoms with Gasteiger partial charge < -0.3 is 15.3 Å². The van der Waals surface area contributed by atoms with Crippen LogP contribution in [-0.4, -0.2) is 53.3 Å². The Morgan fingerprint density at radius 1 is 1.29 bits per heavy atom. The third-order valence-corrected chi connectivity index (χ3v) is 4.50. The van der Waals surface area contributed by atoms with Crippen LogP contribution in [0.3, 0.4) is 0 Å². The minimum Gasteiger partial charge on any atom is -0.395 e. The molecule has 1 saturated heterocycles. The summed E-state index contributed by atoms with van der Waals surface area (Å²) in [6.07, 6.45) is 2.36. The first-order chi connectivity index (χ1) is 11.5. The van der Waals surface area contributed by atoms with Crippen LogP contribution in [0.5, 0.6) is 0 Å². The van der Waals surface area contributed by atoms with E-state index in [1.807, 2.05) is 30.5 Å². The molecule has 0 aromatic heterocycles. The molecule has 1 aromatic carbocycles. The van der Waals surface area contributed by atoms with Crippen molar-refractivity contribution < 1.29 is 19.5 Å². The average molecular weight is 351 g/mol. The number of carbonyl (C=O) groups excluding carboxylic acids is 3. The van der Waals surface area contributed by atoms with E-state index < -0.39 is 18.0 Å². The van der Waals surface area contributed by atoms with E-state index in [0.29, 0.717) is 6.54 Å². The maximum atomic E-state index is 12.4. The van der Waals surface area contributed by atoms with E-state index in [4.69, 9.17) is 0 Å². The molecule has 1 heterocycles. The quantitative estimate of drug-likeness (QED) is 0.473. The molecule has 3 N–H and O–H groups in total. The number of hydrogen-bond acceptors (Lipinski definition) is 5. The van der Waals surface area contributed by atoms with Crippen LogP contribution in [0.15, 0.2) is 29.2 Å². The number of rotatable bonds is 8. The summed E-state index contributed by atoms with van der Waals surface area (Å²) in [6, 6.07) is 6.68. The normalized spacial score (nSPS) is 16.7. The lowest BCUT2D eigenvalue weighted by molar-refractivity contribution is -0.132. The van der Waals surface area contributed by atoms with Gasteiger partial charge >= 0.3 is 6.03 Å². The van der Waals surface area contributed by atoms with Crippen molar-refractivity contribution in [2.24, 2.45) is 0 Å². The topological polar surface area (TPSA) is 98.7 Å². The maximum Gasteiger partial charge on any atom is 0.322 e. The van der Waals surface area contributed by atoms with E-state index >= 15 is 0 Å². The number of urea groups is 1. The number of thioether (sulfide) groups is 1. The lowest BCUT2D eigenvalue weighted by atomic mass is 10.1. The first-order valence-electron chi connectivity index (χ1n) is 7.66. The zero-order valence-electron chi connectivity index (χ0n) is 13.4.